The molecule has 0 aliphatic heterocycles. The summed E-state index contributed by atoms with van der Waals surface area (Å²) in [5.41, 5.74) is 4.12. The average molecular weight is 409 g/mol. The van der Waals surface area contributed by atoms with Gasteiger partial charge in [0.1, 0.15) is 5.52 Å². The predicted octanol–water partition coefficient (Wildman–Crippen LogP) is 2.56. The summed E-state index contributed by atoms with van der Waals surface area (Å²) in [5, 5.41) is 10.9. The van der Waals surface area contributed by atoms with Crippen LogP contribution in [0.1, 0.15) is 29.8 Å². The van der Waals surface area contributed by atoms with E-state index in [1.165, 1.54) is 5.56 Å². The van der Waals surface area contributed by atoms with Crippen LogP contribution in [0.2, 0.25) is 0 Å². The first kappa shape index (κ1) is 21.3. The Morgan fingerprint density at radius 2 is 2.00 bits per heavy atom. The zero-order valence-electron chi connectivity index (χ0n) is 17.6. The van der Waals surface area contributed by atoms with Crippen LogP contribution in [0.3, 0.4) is 0 Å². The molecule has 30 heavy (non-hydrogen) atoms. The highest BCUT2D eigenvalue weighted by atomic mass is 16.5. The van der Waals surface area contributed by atoms with Crippen LogP contribution in [0.4, 0.5) is 5.69 Å². The summed E-state index contributed by atoms with van der Waals surface area (Å²) in [7, 11) is 0. The maximum Gasteiger partial charge on any atom is 0.338 e. The first-order valence-electron chi connectivity index (χ1n) is 10.1. The van der Waals surface area contributed by atoms with Gasteiger partial charge in [0, 0.05) is 31.9 Å². The molecule has 0 aliphatic rings. The summed E-state index contributed by atoms with van der Waals surface area (Å²) in [4.78, 5) is 26.5. The van der Waals surface area contributed by atoms with Crippen LogP contribution >= 0.6 is 0 Å². The summed E-state index contributed by atoms with van der Waals surface area (Å²) in [6.45, 7) is 8.43. The molecule has 8 heteroatoms. The van der Waals surface area contributed by atoms with Crippen molar-refractivity contribution < 1.29 is 14.3 Å². The molecule has 158 valence electrons. The molecule has 0 unspecified atom stereocenters. The molecule has 0 atom stereocenters. The van der Waals surface area contributed by atoms with Crippen LogP contribution in [0.25, 0.3) is 11.0 Å². The van der Waals surface area contributed by atoms with E-state index in [-0.39, 0.29) is 12.5 Å². The third kappa shape index (κ3) is 5.14. The third-order valence-corrected chi connectivity index (χ3v) is 4.84. The quantitative estimate of drug-likeness (QED) is 0.547. The Balaban J connectivity index is 1.46. The molecule has 0 aliphatic carbocycles. The topological polar surface area (TPSA) is 89.3 Å². The molecule has 1 aromatic heterocycles. The number of carbonyl (C=O) groups excluding carboxylic acids is 2. The first-order valence-corrected chi connectivity index (χ1v) is 10.1. The average Bonchev–Trinajstić information content (AvgIpc) is 3.17. The van der Waals surface area contributed by atoms with Crippen molar-refractivity contribution in [1.29, 1.82) is 0 Å². The maximum absolute atomic E-state index is 12.2. The molecule has 3 rings (SSSR count). The van der Waals surface area contributed by atoms with E-state index in [1.807, 2.05) is 13.0 Å². The zero-order chi connectivity index (χ0) is 21.5. The number of aryl methyl sites for hydroxylation is 2. The lowest BCUT2D eigenvalue weighted by molar-refractivity contribution is -0.124. The predicted molar refractivity (Wildman–Crippen MR) is 116 cm³/mol. The summed E-state index contributed by atoms with van der Waals surface area (Å²) < 4.78 is 6.88. The van der Waals surface area contributed by atoms with Crippen LogP contribution < -0.4 is 10.2 Å². The number of benzene rings is 2. The summed E-state index contributed by atoms with van der Waals surface area (Å²) >= 11 is 0. The SMILES string of the molecule is CCN(CCNC(=O)COC(=O)c1ccc2c(c1)nnn2CC)c1cccc(C)c1. The van der Waals surface area contributed by atoms with Crippen LogP contribution in [0, 0.1) is 6.92 Å². The van der Waals surface area contributed by atoms with Crippen LogP contribution in [0.5, 0.6) is 0 Å². The molecule has 0 bridgehead atoms. The van der Waals surface area contributed by atoms with Gasteiger partial charge in [-0.15, -0.1) is 5.10 Å². The number of aromatic nitrogens is 3. The van der Waals surface area contributed by atoms with E-state index in [4.69, 9.17) is 4.74 Å². The van der Waals surface area contributed by atoms with Crippen molar-refractivity contribution in [3.63, 3.8) is 0 Å². The van der Waals surface area contributed by atoms with E-state index < -0.39 is 5.97 Å². The highest BCUT2D eigenvalue weighted by Gasteiger charge is 2.13. The highest BCUT2D eigenvalue weighted by molar-refractivity contribution is 5.94. The van der Waals surface area contributed by atoms with E-state index in [9.17, 15) is 9.59 Å². The number of hydrogen-bond acceptors (Lipinski definition) is 6. The van der Waals surface area contributed by atoms with Crippen molar-refractivity contribution in [2.75, 3.05) is 31.1 Å². The molecule has 0 fully saturated rings. The standard InChI is InChI=1S/C22H27N5O3/c1-4-26(18-8-6-7-16(3)13-18)12-11-23-21(28)15-30-22(29)17-9-10-20-19(14-17)24-25-27(20)5-2/h6-10,13-14H,4-5,11-12,15H2,1-3H3,(H,23,28). The monoisotopic (exact) mass is 409 g/mol. The minimum absolute atomic E-state index is 0.324. The number of carbonyl (C=O) groups is 2. The van der Waals surface area contributed by atoms with E-state index in [0.29, 0.717) is 30.7 Å². The Bertz CT molecular complexity index is 1030. The van der Waals surface area contributed by atoms with Crippen molar-refractivity contribution in [2.24, 2.45) is 0 Å². The Morgan fingerprint density at radius 1 is 1.17 bits per heavy atom. The molecule has 1 amide bonds. The molecular weight excluding hydrogens is 382 g/mol. The largest absolute Gasteiger partial charge is 0.452 e. The van der Waals surface area contributed by atoms with Crippen molar-refractivity contribution in [2.45, 2.75) is 27.3 Å². The van der Waals surface area contributed by atoms with Crippen LogP contribution in [0.15, 0.2) is 42.5 Å². The second kappa shape index (κ2) is 9.87. The molecule has 1 heterocycles. The smallest absolute Gasteiger partial charge is 0.338 e. The molecule has 0 saturated carbocycles. The Morgan fingerprint density at radius 3 is 2.73 bits per heavy atom. The Kier molecular flexibility index (Phi) is 7.00. The van der Waals surface area contributed by atoms with Gasteiger partial charge >= 0.3 is 5.97 Å². The maximum atomic E-state index is 12.2. The molecule has 8 nitrogen and oxygen atoms in total. The lowest BCUT2D eigenvalue weighted by Gasteiger charge is -2.23. The fourth-order valence-electron chi connectivity index (χ4n) is 3.22. The number of fused-ring (bicyclic) bond motifs is 1. The van der Waals surface area contributed by atoms with Gasteiger partial charge in [-0.05, 0) is 56.7 Å². The first-order chi connectivity index (χ1) is 14.5. The molecule has 0 spiro atoms. The number of amides is 1. The lowest BCUT2D eigenvalue weighted by atomic mass is 10.2. The number of nitrogens with zero attached hydrogens (tertiary/aromatic N) is 4. The summed E-state index contributed by atoms with van der Waals surface area (Å²) in [6.07, 6.45) is 0. The number of likely N-dealkylation sites (N-methyl/N-ethyl adjacent to an activating group) is 1. The van der Waals surface area contributed by atoms with Gasteiger partial charge in [-0.1, -0.05) is 17.3 Å². The molecule has 0 radical (unpaired) electrons. The van der Waals surface area contributed by atoms with E-state index >= 15 is 0 Å². The number of anilines is 1. The number of rotatable bonds is 9. The van der Waals surface area contributed by atoms with Gasteiger partial charge in [0.2, 0.25) is 0 Å². The number of esters is 1. The van der Waals surface area contributed by atoms with Crippen molar-refractivity contribution in [1.82, 2.24) is 20.3 Å². The zero-order valence-corrected chi connectivity index (χ0v) is 17.6. The van der Waals surface area contributed by atoms with Crippen LogP contribution in [-0.4, -0.2) is 53.1 Å². The lowest BCUT2D eigenvalue weighted by Crippen LogP contribution is -2.36. The minimum atomic E-state index is -0.562. The molecule has 1 N–H and O–H groups in total. The molecule has 2 aromatic carbocycles. The van der Waals surface area contributed by atoms with Gasteiger partial charge < -0.3 is 15.0 Å². The highest BCUT2D eigenvalue weighted by Crippen LogP contribution is 2.15. The van der Waals surface area contributed by atoms with Crippen molar-refractivity contribution in [3.8, 4) is 0 Å². The molecule has 0 saturated heterocycles. The van der Waals surface area contributed by atoms with Gasteiger partial charge in [0.15, 0.2) is 6.61 Å². The van der Waals surface area contributed by atoms with Crippen LogP contribution in [-0.2, 0) is 16.1 Å². The van der Waals surface area contributed by atoms with Gasteiger partial charge in [0.05, 0.1) is 11.1 Å². The van der Waals surface area contributed by atoms with Gasteiger partial charge in [-0.25, -0.2) is 9.48 Å². The van der Waals surface area contributed by atoms with Gasteiger partial charge in [-0.2, -0.15) is 0 Å². The van der Waals surface area contributed by atoms with Gasteiger partial charge in [0.25, 0.3) is 5.91 Å². The fraction of sp³-hybridized carbons (Fsp3) is 0.364. The number of hydrogen-bond donors (Lipinski definition) is 1. The summed E-state index contributed by atoms with van der Waals surface area (Å²) in [6, 6.07) is 13.3. The van der Waals surface area contributed by atoms with E-state index in [0.717, 1.165) is 17.7 Å². The Labute approximate surface area is 175 Å². The Hall–Kier alpha value is -3.42. The second-order valence-electron chi connectivity index (χ2n) is 6.95. The normalized spacial score (nSPS) is 10.8. The summed E-state index contributed by atoms with van der Waals surface area (Å²) in [5.74, 6) is -0.894. The van der Waals surface area contributed by atoms with E-state index in [1.54, 1.807) is 22.9 Å². The van der Waals surface area contributed by atoms with Crippen molar-refractivity contribution >= 4 is 28.6 Å². The minimum Gasteiger partial charge on any atom is -0.452 e. The van der Waals surface area contributed by atoms with E-state index in [2.05, 4.69) is 52.6 Å². The molecular formula is C22H27N5O3. The fourth-order valence-corrected chi connectivity index (χ4v) is 3.22. The third-order valence-electron chi connectivity index (χ3n) is 4.84. The van der Waals surface area contributed by atoms with Gasteiger partial charge in [-0.3, -0.25) is 4.79 Å². The number of ether oxygens (including phenoxy) is 1. The van der Waals surface area contributed by atoms with Crippen molar-refractivity contribution in [3.05, 3.63) is 53.6 Å². The molecule has 3 aromatic rings. The number of nitrogens with one attached hydrogen (secondary N) is 1. The second-order valence-corrected chi connectivity index (χ2v) is 6.95.